The number of imidazole rings is 1. The molecule has 1 aliphatic rings. The SMILES string of the molecule is CCc1nc2ccccc2n1CCC(=O)N1CCC[C@@H](c2nc(-c3cccnc3)no2)C1. The summed E-state index contributed by atoms with van der Waals surface area (Å²) in [7, 11) is 0. The molecule has 0 spiro atoms. The van der Waals surface area contributed by atoms with E-state index >= 15 is 0 Å². The van der Waals surface area contributed by atoms with Crippen molar-refractivity contribution in [1.82, 2.24) is 29.6 Å². The minimum atomic E-state index is 0.0610. The van der Waals surface area contributed by atoms with Gasteiger partial charge in [0.05, 0.1) is 17.0 Å². The highest BCUT2D eigenvalue weighted by molar-refractivity contribution is 5.78. The predicted octanol–water partition coefficient (Wildman–Crippen LogP) is 3.84. The molecule has 1 aliphatic heterocycles. The van der Waals surface area contributed by atoms with E-state index in [9.17, 15) is 4.79 Å². The van der Waals surface area contributed by atoms with Crippen molar-refractivity contribution < 1.29 is 9.32 Å². The van der Waals surface area contributed by atoms with E-state index < -0.39 is 0 Å². The van der Waals surface area contributed by atoms with Gasteiger partial charge >= 0.3 is 0 Å². The van der Waals surface area contributed by atoms with Crippen LogP contribution >= 0.6 is 0 Å². The molecule has 0 unspecified atom stereocenters. The lowest BCUT2D eigenvalue weighted by Crippen LogP contribution is -2.39. The Balaban J connectivity index is 1.25. The molecular formula is C24H26N6O2. The third kappa shape index (κ3) is 4.00. The summed E-state index contributed by atoms with van der Waals surface area (Å²) in [4.78, 5) is 28.4. The van der Waals surface area contributed by atoms with E-state index in [1.165, 1.54) is 0 Å². The normalized spacial score (nSPS) is 16.5. The van der Waals surface area contributed by atoms with Crippen LogP contribution in [0.3, 0.4) is 0 Å². The molecule has 32 heavy (non-hydrogen) atoms. The Labute approximate surface area is 186 Å². The van der Waals surface area contributed by atoms with Crippen molar-refractivity contribution >= 4 is 16.9 Å². The van der Waals surface area contributed by atoms with E-state index in [0.29, 0.717) is 31.2 Å². The topological polar surface area (TPSA) is 89.9 Å². The van der Waals surface area contributed by atoms with Gasteiger partial charge in [-0.05, 0) is 37.1 Å². The Morgan fingerprint density at radius 2 is 2.09 bits per heavy atom. The number of amides is 1. The lowest BCUT2D eigenvalue weighted by atomic mass is 9.97. The van der Waals surface area contributed by atoms with Gasteiger partial charge in [0.15, 0.2) is 0 Å². The maximum atomic E-state index is 13.0. The minimum Gasteiger partial charge on any atom is -0.342 e. The van der Waals surface area contributed by atoms with Gasteiger partial charge in [0.1, 0.15) is 5.82 Å². The third-order valence-electron chi connectivity index (χ3n) is 6.08. The molecule has 0 radical (unpaired) electrons. The van der Waals surface area contributed by atoms with Crippen molar-refractivity contribution in [2.24, 2.45) is 0 Å². The fourth-order valence-corrected chi connectivity index (χ4v) is 4.43. The van der Waals surface area contributed by atoms with Crippen LogP contribution in [0.15, 0.2) is 53.3 Å². The van der Waals surface area contributed by atoms with Crippen molar-refractivity contribution in [2.75, 3.05) is 13.1 Å². The van der Waals surface area contributed by atoms with Gasteiger partial charge in [-0.1, -0.05) is 24.2 Å². The maximum Gasteiger partial charge on any atom is 0.231 e. The van der Waals surface area contributed by atoms with Gasteiger partial charge < -0.3 is 14.0 Å². The fourth-order valence-electron chi connectivity index (χ4n) is 4.43. The molecule has 164 valence electrons. The Morgan fingerprint density at radius 3 is 2.94 bits per heavy atom. The number of rotatable bonds is 6. The van der Waals surface area contributed by atoms with Crippen LogP contribution in [0.1, 0.15) is 43.8 Å². The first-order chi connectivity index (χ1) is 15.7. The van der Waals surface area contributed by atoms with E-state index in [-0.39, 0.29) is 11.8 Å². The van der Waals surface area contributed by atoms with Gasteiger partial charge in [-0.3, -0.25) is 9.78 Å². The van der Waals surface area contributed by atoms with Gasteiger partial charge in [0.2, 0.25) is 17.6 Å². The summed E-state index contributed by atoms with van der Waals surface area (Å²) in [6.45, 7) is 4.11. The zero-order valence-electron chi connectivity index (χ0n) is 18.1. The van der Waals surface area contributed by atoms with E-state index in [0.717, 1.165) is 48.2 Å². The molecule has 0 aliphatic carbocycles. The van der Waals surface area contributed by atoms with Crippen molar-refractivity contribution in [3.05, 3.63) is 60.5 Å². The lowest BCUT2D eigenvalue weighted by molar-refractivity contribution is -0.132. The number of para-hydroxylation sites is 2. The summed E-state index contributed by atoms with van der Waals surface area (Å²) >= 11 is 0. The van der Waals surface area contributed by atoms with Gasteiger partial charge in [-0.2, -0.15) is 4.98 Å². The molecule has 0 N–H and O–H groups in total. The second kappa shape index (κ2) is 8.90. The number of piperidine rings is 1. The summed E-state index contributed by atoms with van der Waals surface area (Å²) in [6, 6.07) is 11.9. The van der Waals surface area contributed by atoms with Crippen LogP contribution in [0.4, 0.5) is 0 Å². The van der Waals surface area contributed by atoms with Crippen LogP contribution < -0.4 is 0 Å². The zero-order chi connectivity index (χ0) is 21.9. The molecule has 0 saturated carbocycles. The average molecular weight is 431 g/mol. The first-order valence-electron chi connectivity index (χ1n) is 11.2. The van der Waals surface area contributed by atoms with Crippen LogP contribution in [0.5, 0.6) is 0 Å². The largest absolute Gasteiger partial charge is 0.342 e. The van der Waals surface area contributed by atoms with Crippen LogP contribution in [-0.4, -0.2) is 48.6 Å². The molecule has 0 bridgehead atoms. The number of pyridine rings is 1. The highest BCUT2D eigenvalue weighted by Crippen LogP contribution is 2.28. The van der Waals surface area contributed by atoms with Gasteiger partial charge in [-0.15, -0.1) is 0 Å². The number of fused-ring (bicyclic) bond motifs is 1. The molecule has 1 amide bonds. The monoisotopic (exact) mass is 430 g/mol. The number of hydrogen-bond acceptors (Lipinski definition) is 6. The molecule has 1 saturated heterocycles. The highest BCUT2D eigenvalue weighted by atomic mass is 16.5. The smallest absolute Gasteiger partial charge is 0.231 e. The standard InChI is InChI=1S/C24H26N6O2/c1-2-21-26-19-9-3-4-10-20(19)30(21)14-11-22(31)29-13-6-8-18(16-29)24-27-23(28-32-24)17-7-5-12-25-15-17/h3-5,7,9-10,12,15,18H,2,6,8,11,13-14,16H2,1H3/t18-/m1/s1. The molecule has 1 aromatic carbocycles. The molecule has 1 fully saturated rings. The molecular weight excluding hydrogens is 404 g/mol. The number of hydrogen-bond donors (Lipinski definition) is 0. The van der Waals surface area contributed by atoms with Crippen molar-refractivity contribution in [2.45, 2.75) is 45.1 Å². The summed E-state index contributed by atoms with van der Waals surface area (Å²) in [6.07, 6.45) is 6.58. The molecule has 1 atom stereocenters. The maximum absolute atomic E-state index is 13.0. The van der Waals surface area contributed by atoms with Crippen LogP contribution in [0, 0.1) is 0 Å². The average Bonchev–Trinajstić information content (AvgIpc) is 3.48. The first kappa shape index (κ1) is 20.4. The molecule has 4 aromatic rings. The van der Waals surface area contributed by atoms with Crippen molar-refractivity contribution in [3.63, 3.8) is 0 Å². The zero-order valence-corrected chi connectivity index (χ0v) is 18.1. The Bertz CT molecular complexity index is 1220. The first-order valence-corrected chi connectivity index (χ1v) is 11.2. The minimum absolute atomic E-state index is 0.0610. The van der Waals surface area contributed by atoms with Crippen LogP contribution in [0.25, 0.3) is 22.4 Å². The van der Waals surface area contributed by atoms with E-state index in [4.69, 9.17) is 9.51 Å². The molecule has 4 heterocycles. The number of aromatic nitrogens is 5. The number of carbonyl (C=O) groups is 1. The highest BCUT2D eigenvalue weighted by Gasteiger charge is 2.28. The quantitative estimate of drug-likeness (QED) is 0.462. The number of likely N-dealkylation sites (tertiary alicyclic amines) is 1. The summed E-state index contributed by atoms with van der Waals surface area (Å²) in [5.74, 6) is 2.36. The number of aryl methyl sites for hydroxylation is 2. The van der Waals surface area contributed by atoms with Crippen LogP contribution in [-0.2, 0) is 17.8 Å². The Morgan fingerprint density at radius 1 is 1.19 bits per heavy atom. The van der Waals surface area contributed by atoms with Gasteiger partial charge in [0, 0.05) is 50.4 Å². The van der Waals surface area contributed by atoms with E-state index in [2.05, 4.69) is 32.7 Å². The molecule has 5 rings (SSSR count). The molecule has 3 aromatic heterocycles. The summed E-state index contributed by atoms with van der Waals surface area (Å²) in [5.41, 5.74) is 2.89. The van der Waals surface area contributed by atoms with E-state index in [1.54, 1.807) is 12.4 Å². The predicted molar refractivity (Wildman–Crippen MR) is 120 cm³/mol. The number of nitrogens with zero attached hydrogens (tertiary/aromatic N) is 6. The Hall–Kier alpha value is -3.55. The number of benzene rings is 1. The molecule has 8 nitrogen and oxygen atoms in total. The second-order valence-corrected chi connectivity index (χ2v) is 8.15. The third-order valence-corrected chi connectivity index (χ3v) is 6.08. The lowest BCUT2D eigenvalue weighted by Gasteiger charge is -2.31. The van der Waals surface area contributed by atoms with E-state index in [1.807, 2.05) is 35.2 Å². The summed E-state index contributed by atoms with van der Waals surface area (Å²) < 4.78 is 7.72. The molecule has 8 heteroatoms. The Kier molecular flexibility index (Phi) is 5.66. The van der Waals surface area contributed by atoms with Gasteiger partial charge in [-0.25, -0.2) is 4.98 Å². The van der Waals surface area contributed by atoms with Crippen molar-refractivity contribution in [3.8, 4) is 11.4 Å². The fraction of sp³-hybridized carbons (Fsp3) is 0.375. The van der Waals surface area contributed by atoms with Crippen molar-refractivity contribution in [1.29, 1.82) is 0 Å². The second-order valence-electron chi connectivity index (χ2n) is 8.15. The van der Waals surface area contributed by atoms with Crippen LogP contribution in [0.2, 0.25) is 0 Å². The summed E-state index contributed by atoms with van der Waals surface area (Å²) in [5, 5.41) is 4.11. The van der Waals surface area contributed by atoms with Gasteiger partial charge in [0.25, 0.3) is 0 Å². The number of carbonyl (C=O) groups excluding carboxylic acids is 1.